The van der Waals surface area contributed by atoms with E-state index in [9.17, 15) is 4.79 Å². The van der Waals surface area contributed by atoms with Gasteiger partial charge in [0.1, 0.15) is 6.61 Å². The van der Waals surface area contributed by atoms with Crippen molar-refractivity contribution in [2.75, 3.05) is 26.3 Å². The number of ether oxygens (including phenoxy) is 3. The van der Waals surface area contributed by atoms with E-state index in [0.717, 1.165) is 18.4 Å². The summed E-state index contributed by atoms with van der Waals surface area (Å²) in [6.07, 6.45) is 1.51. The summed E-state index contributed by atoms with van der Waals surface area (Å²) in [6, 6.07) is 9.73. The normalized spacial score (nSPS) is 18.3. The number of rotatable bonds is 3. The molecule has 0 atom stereocenters. The second-order valence-corrected chi connectivity index (χ2v) is 5.47. The Balaban J connectivity index is 0.000000925. The molecule has 2 saturated heterocycles. The Morgan fingerprint density at radius 3 is 2.29 bits per heavy atom. The molecule has 0 N–H and O–H groups in total. The summed E-state index contributed by atoms with van der Waals surface area (Å²) in [5.74, 6) is 0.394. The first kappa shape index (κ1) is 20.5. The molecule has 0 bridgehead atoms. The average molecular weight is 337 g/mol. The zero-order valence-corrected chi connectivity index (χ0v) is 14.1. The zero-order valence-electron chi connectivity index (χ0n) is 14.1. The third-order valence-corrected chi connectivity index (χ3v) is 4.04. The predicted molar refractivity (Wildman–Crippen MR) is 94.7 cm³/mol. The standard InChI is InChI=1S/C16H21NO4.C2H6.CH4/c18-16(21-12-13-4-2-1-3-5-13)17-8-6-14(7-9-17)15-19-10-11-20-15;1-2;/h1-5,14-15H,6-12H2;1-2H3;1H4. The van der Waals surface area contributed by atoms with Crippen molar-refractivity contribution >= 4 is 6.09 Å². The second-order valence-electron chi connectivity index (χ2n) is 5.47. The van der Waals surface area contributed by atoms with Crippen LogP contribution >= 0.6 is 0 Å². The van der Waals surface area contributed by atoms with Crippen LogP contribution in [-0.2, 0) is 20.8 Å². The molecule has 0 spiro atoms. The van der Waals surface area contributed by atoms with Crippen molar-refractivity contribution < 1.29 is 19.0 Å². The Bertz CT molecular complexity index is 452. The van der Waals surface area contributed by atoms with E-state index in [1.807, 2.05) is 44.2 Å². The fourth-order valence-corrected chi connectivity index (χ4v) is 2.81. The van der Waals surface area contributed by atoms with Gasteiger partial charge in [-0.05, 0) is 18.4 Å². The van der Waals surface area contributed by atoms with Crippen LogP contribution in [0.5, 0.6) is 0 Å². The summed E-state index contributed by atoms with van der Waals surface area (Å²) in [5, 5.41) is 0. The molecule has 5 heteroatoms. The molecule has 1 aromatic rings. The molecular formula is C19H31NO4. The van der Waals surface area contributed by atoms with E-state index < -0.39 is 0 Å². The van der Waals surface area contributed by atoms with Crippen molar-refractivity contribution in [1.29, 1.82) is 0 Å². The summed E-state index contributed by atoms with van der Waals surface area (Å²) in [6.45, 7) is 7.12. The number of carbonyl (C=O) groups is 1. The molecule has 0 saturated carbocycles. The number of hydrogen-bond acceptors (Lipinski definition) is 4. The number of carbonyl (C=O) groups excluding carboxylic acids is 1. The highest BCUT2D eigenvalue weighted by Gasteiger charge is 2.32. The van der Waals surface area contributed by atoms with Gasteiger partial charge in [0.2, 0.25) is 0 Å². The van der Waals surface area contributed by atoms with Crippen LogP contribution < -0.4 is 0 Å². The SMILES string of the molecule is C.CC.O=C(OCc1ccccc1)N1CCC(C2OCCO2)CC1. The van der Waals surface area contributed by atoms with Crippen molar-refractivity contribution in [2.24, 2.45) is 5.92 Å². The largest absolute Gasteiger partial charge is 0.445 e. The maximum absolute atomic E-state index is 12.0. The first-order valence-electron chi connectivity index (χ1n) is 8.52. The van der Waals surface area contributed by atoms with Crippen LogP contribution in [-0.4, -0.2) is 43.6 Å². The van der Waals surface area contributed by atoms with Crippen LogP contribution in [0, 0.1) is 5.92 Å². The summed E-state index contributed by atoms with van der Waals surface area (Å²) in [7, 11) is 0. The molecule has 2 aliphatic rings. The molecule has 2 fully saturated rings. The van der Waals surface area contributed by atoms with Crippen molar-refractivity contribution in [3.63, 3.8) is 0 Å². The molecule has 5 nitrogen and oxygen atoms in total. The Morgan fingerprint density at radius 1 is 1.12 bits per heavy atom. The lowest BCUT2D eigenvalue weighted by atomic mass is 9.96. The minimum Gasteiger partial charge on any atom is -0.445 e. The molecule has 2 aliphatic heterocycles. The molecular weight excluding hydrogens is 306 g/mol. The van der Waals surface area contributed by atoms with E-state index in [1.54, 1.807) is 4.90 Å². The van der Waals surface area contributed by atoms with Crippen LogP contribution in [0.1, 0.15) is 39.7 Å². The lowest BCUT2D eigenvalue weighted by Crippen LogP contribution is -2.41. The first-order valence-corrected chi connectivity index (χ1v) is 8.52. The molecule has 0 radical (unpaired) electrons. The second kappa shape index (κ2) is 11.0. The highest BCUT2D eigenvalue weighted by atomic mass is 16.7. The van der Waals surface area contributed by atoms with Gasteiger partial charge >= 0.3 is 6.09 Å². The van der Waals surface area contributed by atoms with E-state index in [4.69, 9.17) is 14.2 Å². The third-order valence-electron chi connectivity index (χ3n) is 4.04. The Labute approximate surface area is 145 Å². The van der Waals surface area contributed by atoms with Gasteiger partial charge in [0, 0.05) is 19.0 Å². The number of hydrogen-bond donors (Lipinski definition) is 0. The van der Waals surface area contributed by atoms with E-state index in [0.29, 0.717) is 38.8 Å². The Morgan fingerprint density at radius 2 is 1.71 bits per heavy atom. The smallest absolute Gasteiger partial charge is 0.410 e. The number of amides is 1. The maximum Gasteiger partial charge on any atom is 0.410 e. The molecule has 136 valence electrons. The van der Waals surface area contributed by atoms with E-state index in [1.165, 1.54) is 0 Å². The highest BCUT2D eigenvalue weighted by Crippen LogP contribution is 2.26. The predicted octanol–water partition coefficient (Wildman–Crippen LogP) is 4.07. The molecule has 1 aromatic carbocycles. The van der Waals surface area contributed by atoms with Crippen LogP contribution in [0.25, 0.3) is 0 Å². The van der Waals surface area contributed by atoms with Gasteiger partial charge in [0.15, 0.2) is 6.29 Å². The van der Waals surface area contributed by atoms with Crippen molar-refractivity contribution in [3.05, 3.63) is 35.9 Å². The fraction of sp³-hybridized carbons (Fsp3) is 0.632. The molecule has 24 heavy (non-hydrogen) atoms. The number of likely N-dealkylation sites (tertiary alicyclic amines) is 1. The fourth-order valence-electron chi connectivity index (χ4n) is 2.81. The monoisotopic (exact) mass is 337 g/mol. The quantitative estimate of drug-likeness (QED) is 0.834. The van der Waals surface area contributed by atoms with Crippen LogP contribution in [0.15, 0.2) is 30.3 Å². The zero-order chi connectivity index (χ0) is 16.5. The molecule has 0 aliphatic carbocycles. The molecule has 0 unspecified atom stereocenters. The Kier molecular flexibility index (Phi) is 9.42. The molecule has 1 amide bonds. The Hall–Kier alpha value is -1.59. The first-order chi connectivity index (χ1) is 11.3. The maximum atomic E-state index is 12.0. The molecule has 2 heterocycles. The van der Waals surface area contributed by atoms with Gasteiger partial charge in [-0.1, -0.05) is 51.6 Å². The minimum absolute atomic E-state index is 0. The van der Waals surface area contributed by atoms with Crippen molar-refractivity contribution in [1.82, 2.24) is 4.90 Å². The van der Waals surface area contributed by atoms with E-state index >= 15 is 0 Å². The van der Waals surface area contributed by atoms with E-state index in [-0.39, 0.29) is 19.8 Å². The molecule has 0 aromatic heterocycles. The van der Waals surface area contributed by atoms with E-state index in [2.05, 4.69) is 0 Å². The lowest BCUT2D eigenvalue weighted by molar-refractivity contribution is -0.0964. The molecule has 3 rings (SSSR count). The van der Waals surface area contributed by atoms with Gasteiger partial charge in [0.05, 0.1) is 13.2 Å². The number of benzene rings is 1. The van der Waals surface area contributed by atoms with Crippen molar-refractivity contribution in [3.8, 4) is 0 Å². The number of nitrogens with zero attached hydrogens (tertiary/aromatic N) is 1. The van der Waals surface area contributed by atoms with Crippen molar-refractivity contribution in [2.45, 2.75) is 47.0 Å². The summed E-state index contributed by atoms with van der Waals surface area (Å²) < 4.78 is 16.4. The topological polar surface area (TPSA) is 48.0 Å². The minimum atomic E-state index is -0.231. The van der Waals surface area contributed by atoms with Gasteiger partial charge < -0.3 is 19.1 Å². The number of piperidine rings is 1. The van der Waals surface area contributed by atoms with Crippen LogP contribution in [0.3, 0.4) is 0 Å². The summed E-state index contributed by atoms with van der Waals surface area (Å²) in [5.41, 5.74) is 1.01. The van der Waals surface area contributed by atoms with Gasteiger partial charge in [-0.3, -0.25) is 0 Å². The summed E-state index contributed by atoms with van der Waals surface area (Å²) in [4.78, 5) is 13.8. The average Bonchev–Trinajstić information content (AvgIpc) is 3.17. The van der Waals surface area contributed by atoms with Gasteiger partial charge in [-0.25, -0.2) is 4.79 Å². The lowest BCUT2D eigenvalue weighted by Gasteiger charge is -2.33. The van der Waals surface area contributed by atoms with Crippen LogP contribution in [0.4, 0.5) is 4.79 Å². The van der Waals surface area contributed by atoms with Crippen LogP contribution in [0.2, 0.25) is 0 Å². The summed E-state index contributed by atoms with van der Waals surface area (Å²) >= 11 is 0. The van der Waals surface area contributed by atoms with Gasteiger partial charge in [-0.2, -0.15) is 0 Å². The highest BCUT2D eigenvalue weighted by molar-refractivity contribution is 5.67. The van der Waals surface area contributed by atoms with Gasteiger partial charge in [-0.15, -0.1) is 0 Å². The third kappa shape index (κ3) is 5.80. The van der Waals surface area contributed by atoms with Gasteiger partial charge in [0.25, 0.3) is 0 Å².